The van der Waals surface area contributed by atoms with Crippen molar-refractivity contribution in [3.05, 3.63) is 53.1 Å². The summed E-state index contributed by atoms with van der Waals surface area (Å²) in [5, 5.41) is 10.6. The summed E-state index contributed by atoms with van der Waals surface area (Å²) in [5.74, 6) is 0.304. The molecule has 8 heteroatoms. The monoisotopic (exact) mass is 376 g/mol. The Labute approximate surface area is 161 Å². The van der Waals surface area contributed by atoms with Crippen LogP contribution in [0.15, 0.2) is 30.5 Å². The van der Waals surface area contributed by atoms with Gasteiger partial charge < -0.3 is 15.0 Å². The number of nitrogens with one attached hydrogen (secondary N) is 3. The van der Waals surface area contributed by atoms with Crippen LogP contribution in [0.1, 0.15) is 27.4 Å². The summed E-state index contributed by atoms with van der Waals surface area (Å²) in [6.45, 7) is 5.67. The average Bonchev–Trinajstić information content (AvgIpc) is 3.24. The first-order chi connectivity index (χ1) is 13.5. The molecule has 0 aromatic carbocycles. The van der Waals surface area contributed by atoms with Crippen molar-refractivity contribution in [3.63, 3.8) is 0 Å². The molecule has 0 saturated carbocycles. The second kappa shape index (κ2) is 6.80. The lowest BCUT2D eigenvalue weighted by Gasteiger charge is -2.04. The zero-order valence-electron chi connectivity index (χ0n) is 16.0. The van der Waals surface area contributed by atoms with Crippen LogP contribution < -0.4 is 10.1 Å². The highest BCUT2D eigenvalue weighted by Crippen LogP contribution is 2.28. The molecule has 8 nitrogen and oxygen atoms in total. The van der Waals surface area contributed by atoms with E-state index in [0.29, 0.717) is 17.3 Å². The predicted molar refractivity (Wildman–Crippen MR) is 107 cm³/mol. The largest absolute Gasteiger partial charge is 0.481 e. The van der Waals surface area contributed by atoms with Gasteiger partial charge in [0.05, 0.1) is 24.7 Å². The molecule has 0 spiro atoms. The summed E-state index contributed by atoms with van der Waals surface area (Å²) in [6.07, 6.45) is 1.62. The number of ether oxygens (including phenoxy) is 1. The maximum absolute atomic E-state index is 12.5. The third kappa shape index (κ3) is 3.09. The topological polar surface area (TPSA) is 109 Å². The summed E-state index contributed by atoms with van der Waals surface area (Å²) in [5.41, 5.74) is 6.14. The number of methoxy groups -OCH3 is 1. The number of carbonyl (C=O) groups is 1. The van der Waals surface area contributed by atoms with E-state index >= 15 is 0 Å². The molecule has 4 aromatic rings. The van der Waals surface area contributed by atoms with Gasteiger partial charge in [0.1, 0.15) is 5.65 Å². The molecule has 0 unspecified atom stereocenters. The Morgan fingerprint density at radius 2 is 2.00 bits per heavy atom. The highest BCUT2D eigenvalue weighted by atomic mass is 16.5. The Balaban J connectivity index is 1.63. The number of hydrogen-bond acceptors (Lipinski definition) is 5. The smallest absolute Gasteiger partial charge is 0.276 e. The molecule has 4 heterocycles. The number of fused-ring (bicyclic) bond motifs is 1. The quantitative estimate of drug-likeness (QED) is 0.505. The van der Waals surface area contributed by atoms with Crippen molar-refractivity contribution in [2.24, 2.45) is 0 Å². The van der Waals surface area contributed by atoms with Crippen molar-refractivity contribution in [2.75, 3.05) is 12.4 Å². The summed E-state index contributed by atoms with van der Waals surface area (Å²) in [6, 6.07) is 7.64. The number of nitrogens with zero attached hydrogens (tertiary/aromatic N) is 3. The molecule has 0 saturated heterocycles. The molecule has 4 rings (SSSR count). The first-order valence-electron chi connectivity index (χ1n) is 8.80. The van der Waals surface area contributed by atoms with E-state index in [1.54, 1.807) is 13.3 Å². The van der Waals surface area contributed by atoms with Crippen LogP contribution in [0.3, 0.4) is 0 Å². The molecule has 1 amide bonds. The van der Waals surface area contributed by atoms with E-state index in [9.17, 15) is 4.79 Å². The molecule has 0 bridgehead atoms. The van der Waals surface area contributed by atoms with Crippen molar-refractivity contribution in [3.8, 4) is 17.1 Å². The minimum absolute atomic E-state index is 0.269. The number of rotatable bonds is 4. The number of aromatic amines is 2. The van der Waals surface area contributed by atoms with E-state index in [1.165, 1.54) is 0 Å². The second-order valence-electron chi connectivity index (χ2n) is 6.61. The van der Waals surface area contributed by atoms with Gasteiger partial charge in [0.2, 0.25) is 5.88 Å². The van der Waals surface area contributed by atoms with Gasteiger partial charge in [0.25, 0.3) is 5.91 Å². The zero-order valence-corrected chi connectivity index (χ0v) is 16.0. The van der Waals surface area contributed by atoms with Crippen LogP contribution in [0, 0.1) is 20.8 Å². The molecule has 0 aliphatic rings. The average molecular weight is 376 g/mol. The van der Waals surface area contributed by atoms with Crippen LogP contribution in [0.25, 0.3) is 22.3 Å². The molecule has 0 aliphatic heterocycles. The molecule has 0 fully saturated rings. The van der Waals surface area contributed by atoms with Crippen molar-refractivity contribution in [1.82, 2.24) is 25.1 Å². The summed E-state index contributed by atoms with van der Waals surface area (Å²) in [7, 11) is 1.59. The predicted octanol–water partition coefficient (Wildman–Crippen LogP) is 3.53. The number of anilines is 1. The van der Waals surface area contributed by atoms with Gasteiger partial charge in [-0.2, -0.15) is 5.10 Å². The molecule has 0 aliphatic carbocycles. The Kier molecular flexibility index (Phi) is 4.31. The number of H-pyrrole nitrogens is 2. The van der Waals surface area contributed by atoms with Gasteiger partial charge in [-0.25, -0.2) is 9.97 Å². The van der Waals surface area contributed by atoms with Crippen molar-refractivity contribution in [2.45, 2.75) is 20.8 Å². The Morgan fingerprint density at radius 1 is 1.18 bits per heavy atom. The van der Waals surface area contributed by atoms with Crippen molar-refractivity contribution < 1.29 is 9.53 Å². The number of hydrogen-bond donors (Lipinski definition) is 3. The number of carbonyl (C=O) groups excluding carboxylic acids is 1. The third-order valence-corrected chi connectivity index (χ3v) is 4.76. The van der Waals surface area contributed by atoms with Crippen LogP contribution in [0.4, 0.5) is 5.69 Å². The molecular formula is C20H20N6O2. The fourth-order valence-electron chi connectivity index (χ4n) is 3.06. The van der Waals surface area contributed by atoms with E-state index < -0.39 is 0 Å². The fraction of sp³-hybridized carbons (Fsp3) is 0.200. The highest BCUT2D eigenvalue weighted by molar-refractivity contribution is 6.04. The van der Waals surface area contributed by atoms with Crippen molar-refractivity contribution in [1.29, 1.82) is 0 Å². The molecule has 142 valence electrons. The number of aromatic nitrogens is 5. The Hall–Kier alpha value is -3.68. The van der Waals surface area contributed by atoms with Gasteiger partial charge in [-0.15, -0.1) is 0 Å². The molecular weight excluding hydrogens is 356 g/mol. The first kappa shape index (κ1) is 17.7. The maximum atomic E-state index is 12.5. The van der Waals surface area contributed by atoms with Crippen LogP contribution in [-0.2, 0) is 0 Å². The summed E-state index contributed by atoms with van der Waals surface area (Å²) in [4.78, 5) is 24.6. The highest BCUT2D eigenvalue weighted by Gasteiger charge is 2.15. The normalized spacial score (nSPS) is 11.0. The van der Waals surface area contributed by atoms with Gasteiger partial charge in [0, 0.05) is 34.0 Å². The van der Waals surface area contributed by atoms with Crippen LogP contribution >= 0.6 is 0 Å². The number of aryl methyl sites for hydroxylation is 2. The van der Waals surface area contributed by atoms with E-state index in [-0.39, 0.29) is 5.91 Å². The van der Waals surface area contributed by atoms with Crippen LogP contribution in [0.2, 0.25) is 0 Å². The lowest BCUT2D eigenvalue weighted by atomic mass is 10.1. The summed E-state index contributed by atoms with van der Waals surface area (Å²) >= 11 is 0. The minimum atomic E-state index is -0.269. The Morgan fingerprint density at radius 3 is 2.68 bits per heavy atom. The molecule has 3 N–H and O–H groups in total. The molecule has 0 radical (unpaired) electrons. The van der Waals surface area contributed by atoms with Crippen LogP contribution in [-0.4, -0.2) is 38.2 Å². The first-order valence-corrected chi connectivity index (χ1v) is 8.80. The number of pyridine rings is 2. The van der Waals surface area contributed by atoms with Gasteiger partial charge in [0.15, 0.2) is 5.69 Å². The maximum Gasteiger partial charge on any atom is 0.276 e. The van der Waals surface area contributed by atoms with Gasteiger partial charge in [-0.1, -0.05) is 0 Å². The lowest BCUT2D eigenvalue weighted by molar-refractivity contribution is 0.102. The second-order valence-corrected chi connectivity index (χ2v) is 6.61. The van der Waals surface area contributed by atoms with E-state index in [1.807, 2.05) is 45.0 Å². The summed E-state index contributed by atoms with van der Waals surface area (Å²) < 4.78 is 5.16. The zero-order chi connectivity index (χ0) is 19.8. The van der Waals surface area contributed by atoms with Gasteiger partial charge >= 0.3 is 0 Å². The Bertz CT molecular complexity index is 1190. The SMILES string of the molecule is COc1ccc(-c2cc3cc(NC(=O)c4n[nH]c(C)c4C)cnc3[nH]2)c(C)n1. The fourth-order valence-corrected chi connectivity index (χ4v) is 3.06. The third-order valence-electron chi connectivity index (χ3n) is 4.76. The lowest BCUT2D eigenvalue weighted by Crippen LogP contribution is -2.13. The molecule has 0 atom stereocenters. The molecule has 4 aromatic heterocycles. The van der Waals surface area contributed by atoms with Gasteiger partial charge in [-0.05, 0) is 39.0 Å². The number of amides is 1. The van der Waals surface area contributed by atoms with E-state index in [4.69, 9.17) is 4.74 Å². The minimum Gasteiger partial charge on any atom is -0.481 e. The van der Waals surface area contributed by atoms with Gasteiger partial charge in [-0.3, -0.25) is 9.89 Å². The molecule has 28 heavy (non-hydrogen) atoms. The van der Waals surface area contributed by atoms with E-state index in [2.05, 4.69) is 30.5 Å². The standard InChI is InChI=1S/C20H20N6O2/c1-10-11(2)25-26-18(10)20(27)23-14-7-13-8-16(24-19(13)21-9-14)15-5-6-17(28-4)22-12(15)3/h5-9H,1-4H3,(H,21,24)(H,23,27)(H,25,26). The van der Waals surface area contributed by atoms with E-state index in [0.717, 1.165) is 39.2 Å². The van der Waals surface area contributed by atoms with Crippen molar-refractivity contribution >= 4 is 22.6 Å². The van der Waals surface area contributed by atoms with Crippen LogP contribution in [0.5, 0.6) is 5.88 Å².